The fourth-order valence-electron chi connectivity index (χ4n) is 2.04. The number of nitrogens with zero attached hydrogens (tertiary/aromatic N) is 2. The summed E-state index contributed by atoms with van der Waals surface area (Å²) in [5, 5.41) is 9.21. The van der Waals surface area contributed by atoms with Gasteiger partial charge in [-0.2, -0.15) is 4.98 Å². The summed E-state index contributed by atoms with van der Waals surface area (Å²) in [5.41, 5.74) is 6.72. The second kappa shape index (κ2) is 9.41. The highest BCUT2D eigenvalue weighted by atomic mass is 35.5. The van der Waals surface area contributed by atoms with Crippen molar-refractivity contribution in [3.63, 3.8) is 0 Å². The minimum atomic E-state index is -0.474. The van der Waals surface area contributed by atoms with E-state index in [4.69, 9.17) is 28.9 Å². The Morgan fingerprint density at radius 2 is 1.92 bits per heavy atom. The summed E-state index contributed by atoms with van der Waals surface area (Å²) in [4.78, 5) is 20.6. The van der Waals surface area contributed by atoms with Crippen molar-refractivity contribution in [2.45, 2.75) is 19.8 Å². The minimum absolute atomic E-state index is 0.207. The lowest BCUT2D eigenvalue weighted by molar-refractivity contribution is 0.262. The number of unbranched alkanes of at least 4 members (excludes halogenated alkanes) is 1. The molecule has 0 aliphatic heterocycles. The van der Waals surface area contributed by atoms with E-state index in [9.17, 15) is 4.79 Å². The average molecular weight is 383 g/mol. The molecule has 9 heteroatoms. The van der Waals surface area contributed by atoms with Gasteiger partial charge in [0.25, 0.3) is 0 Å². The number of halogens is 2. The van der Waals surface area contributed by atoms with E-state index in [0.717, 1.165) is 25.1 Å². The van der Waals surface area contributed by atoms with Gasteiger partial charge in [0.05, 0.1) is 10.0 Å². The van der Waals surface area contributed by atoms with Gasteiger partial charge in [-0.05, 0) is 44.5 Å². The van der Waals surface area contributed by atoms with Crippen LogP contribution in [0.2, 0.25) is 10.0 Å². The molecule has 1 aromatic heterocycles. The van der Waals surface area contributed by atoms with Crippen LogP contribution >= 0.6 is 23.2 Å². The van der Waals surface area contributed by atoms with E-state index in [2.05, 4.69) is 25.9 Å². The van der Waals surface area contributed by atoms with Gasteiger partial charge in [0.2, 0.25) is 5.95 Å². The van der Waals surface area contributed by atoms with Crippen LogP contribution in [-0.2, 0) is 0 Å². The topological polar surface area (TPSA) is 105 Å². The van der Waals surface area contributed by atoms with Crippen LogP contribution in [0.25, 0.3) is 0 Å². The normalized spacial score (nSPS) is 10.4. The Hall–Kier alpha value is -2.09. The van der Waals surface area contributed by atoms with Gasteiger partial charge >= 0.3 is 6.03 Å². The summed E-state index contributed by atoms with van der Waals surface area (Å²) in [6.07, 6.45) is 1.88. The van der Waals surface area contributed by atoms with Crippen LogP contribution in [0.3, 0.4) is 0 Å². The van der Waals surface area contributed by atoms with Gasteiger partial charge in [0.15, 0.2) is 0 Å². The highest BCUT2D eigenvalue weighted by Crippen LogP contribution is 2.25. The third-order valence-corrected chi connectivity index (χ3v) is 3.93. The van der Waals surface area contributed by atoms with Crippen molar-refractivity contribution in [2.75, 3.05) is 29.0 Å². The Labute approximate surface area is 156 Å². The zero-order valence-corrected chi connectivity index (χ0v) is 15.3. The van der Waals surface area contributed by atoms with Crippen molar-refractivity contribution in [3.05, 3.63) is 40.0 Å². The smallest absolute Gasteiger partial charge is 0.326 e. The largest absolute Gasteiger partial charge is 0.370 e. The zero-order chi connectivity index (χ0) is 18.2. The van der Waals surface area contributed by atoms with E-state index in [1.54, 1.807) is 18.2 Å². The third kappa shape index (κ3) is 6.38. The van der Waals surface area contributed by atoms with Crippen LogP contribution in [0, 0.1) is 6.92 Å². The number of carbonyl (C=O) groups excluding carboxylic acids is 1. The number of urea groups is 1. The maximum absolute atomic E-state index is 12.1. The highest BCUT2D eigenvalue weighted by molar-refractivity contribution is 6.42. The Balaban J connectivity index is 1.97. The van der Waals surface area contributed by atoms with Crippen LogP contribution in [-0.4, -0.2) is 29.1 Å². The van der Waals surface area contributed by atoms with Crippen molar-refractivity contribution in [3.8, 4) is 0 Å². The monoisotopic (exact) mass is 382 g/mol. The van der Waals surface area contributed by atoms with Crippen LogP contribution in [0.1, 0.15) is 18.5 Å². The molecular formula is C16H20Cl2N6O. The molecule has 134 valence electrons. The molecule has 0 atom stereocenters. The van der Waals surface area contributed by atoms with E-state index in [-0.39, 0.29) is 5.95 Å². The Kier molecular flexibility index (Phi) is 7.24. The second-order valence-corrected chi connectivity index (χ2v) is 6.16. The first-order chi connectivity index (χ1) is 12.0. The minimum Gasteiger partial charge on any atom is -0.370 e. The summed E-state index contributed by atoms with van der Waals surface area (Å²) >= 11 is 11.8. The van der Waals surface area contributed by atoms with Gasteiger partial charge in [0.1, 0.15) is 5.82 Å². The van der Waals surface area contributed by atoms with Crippen molar-refractivity contribution >= 4 is 46.7 Å². The fourth-order valence-corrected chi connectivity index (χ4v) is 2.34. The van der Waals surface area contributed by atoms with E-state index < -0.39 is 6.03 Å². The van der Waals surface area contributed by atoms with Crippen molar-refractivity contribution in [1.29, 1.82) is 0 Å². The number of nitrogens with one attached hydrogen (secondary N) is 3. The van der Waals surface area contributed by atoms with Crippen LogP contribution in [0.15, 0.2) is 24.3 Å². The Morgan fingerprint density at radius 1 is 1.12 bits per heavy atom. The van der Waals surface area contributed by atoms with Crippen molar-refractivity contribution in [2.24, 2.45) is 5.73 Å². The summed E-state index contributed by atoms with van der Waals surface area (Å²) in [6, 6.07) is 6.15. The van der Waals surface area contributed by atoms with Crippen molar-refractivity contribution in [1.82, 2.24) is 9.97 Å². The second-order valence-electron chi connectivity index (χ2n) is 5.35. The Morgan fingerprint density at radius 3 is 2.64 bits per heavy atom. The number of rotatable bonds is 7. The van der Waals surface area contributed by atoms with Gasteiger partial charge in [-0.25, -0.2) is 9.78 Å². The molecule has 0 unspecified atom stereocenters. The molecule has 2 aromatic rings. The van der Waals surface area contributed by atoms with Crippen molar-refractivity contribution < 1.29 is 4.79 Å². The molecule has 0 bridgehead atoms. The van der Waals surface area contributed by atoms with Gasteiger partial charge in [-0.15, -0.1) is 0 Å². The predicted octanol–water partition coefficient (Wildman–Crippen LogP) is 3.89. The number of carbonyl (C=O) groups is 1. The molecule has 0 fully saturated rings. The number of anilines is 3. The molecule has 7 nitrogen and oxygen atoms in total. The summed E-state index contributed by atoms with van der Waals surface area (Å²) < 4.78 is 0. The predicted molar refractivity (Wildman–Crippen MR) is 103 cm³/mol. The summed E-state index contributed by atoms with van der Waals surface area (Å²) in [6.45, 7) is 3.24. The molecular weight excluding hydrogens is 363 g/mol. The number of amides is 2. The number of hydrogen-bond donors (Lipinski definition) is 4. The fraction of sp³-hybridized carbons (Fsp3) is 0.312. The van der Waals surface area contributed by atoms with Gasteiger partial charge in [-0.3, -0.25) is 5.32 Å². The molecule has 0 aliphatic rings. The molecule has 0 aliphatic carbocycles. The quantitative estimate of drug-likeness (QED) is 0.543. The molecule has 1 heterocycles. The third-order valence-electron chi connectivity index (χ3n) is 3.19. The molecule has 0 spiro atoms. The first kappa shape index (κ1) is 19.2. The molecule has 2 rings (SSSR count). The number of aromatic nitrogens is 2. The molecule has 0 saturated carbocycles. The van der Waals surface area contributed by atoms with Gasteiger partial charge in [0, 0.05) is 24.0 Å². The summed E-state index contributed by atoms with van der Waals surface area (Å²) in [5.74, 6) is 0.855. The molecule has 25 heavy (non-hydrogen) atoms. The van der Waals surface area contributed by atoms with E-state index in [1.165, 1.54) is 0 Å². The number of hydrogen-bond acceptors (Lipinski definition) is 5. The van der Waals surface area contributed by atoms with E-state index in [0.29, 0.717) is 28.1 Å². The number of aryl methyl sites for hydroxylation is 1. The standard InChI is InChI=1S/C16H20Cl2N6O/c1-10-8-14(20-7-3-2-6-19)23-15(21-10)24-16(25)22-11-4-5-12(17)13(18)9-11/h4-5,8-9H,2-3,6-7,19H2,1H3,(H3,20,21,22,23,24,25). The van der Waals surface area contributed by atoms with E-state index >= 15 is 0 Å². The average Bonchev–Trinajstić information content (AvgIpc) is 2.54. The van der Waals surface area contributed by atoms with E-state index in [1.807, 2.05) is 13.0 Å². The van der Waals surface area contributed by atoms with Crippen LogP contribution in [0.5, 0.6) is 0 Å². The van der Waals surface area contributed by atoms with Crippen LogP contribution < -0.4 is 21.7 Å². The molecule has 0 radical (unpaired) electrons. The lowest BCUT2D eigenvalue weighted by atomic mass is 10.3. The molecule has 0 saturated heterocycles. The maximum Gasteiger partial charge on any atom is 0.326 e. The molecule has 5 N–H and O–H groups in total. The Bertz CT molecular complexity index is 741. The number of benzene rings is 1. The zero-order valence-electron chi connectivity index (χ0n) is 13.8. The first-order valence-electron chi connectivity index (χ1n) is 7.80. The van der Waals surface area contributed by atoms with Gasteiger partial charge in [-0.1, -0.05) is 23.2 Å². The van der Waals surface area contributed by atoms with Gasteiger partial charge < -0.3 is 16.4 Å². The number of nitrogens with two attached hydrogens (primary N) is 1. The molecule has 2 amide bonds. The lowest BCUT2D eigenvalue weighted by Crippen LogP contribution is -2.21. The maximum atomic E-state index is 12.1. The van der Waals surface area contributed by atoms with Crippen LogP contribution in [0.4, 0.5) is 22.2 Å². The lowest BCUT2D eigenvalue weighted by Gasteiger charge is -2.10. The first-order valence-corrected chi connectivity index (χ1v) is 8.56. The highest BCUT2D eigenvalue weighted by Gasteiger charge is 2.08. The SMILES string of the molecule is Cc1cc(NCCCCN)nc(NC(=O)Nc2ccc(Cl)c(Cl)c2)n1. The summed E-state index contributed by atoms with van der Waals surface area (Å²) in [7, 11) is 0. The molecule has 1 aromatic carbocycles.